The number of ether oxygens (including phenoxy) is 2. The van der Waals surface area contributed by atoms with E-state index in [4.69, 9.17) is 9.47 Å². The summed E-state index contributed by atoms with van der Waals surface area (Å²) in [4.78, 5) is 18.9. The number of hydrogen-bond acceptors (Lipinski definition) is 5. The quantitative estimate of drug-likeness (QED) is 0.660. The Morgan fingerprint density at radius 1 is 1.22 bits per heavy atom. The first-order chi connectivity index (χ1) is 12.9. The first-order valence-corrected chi connectivity index (χ1v) is 9.80. The van der Waals surface area contributed by atoms with Gasteiger partial charge in [-0.25, -0.2) is 0 Å². The highest BCUT2D eigenvalue weighted by molar-refractivity contribution is 5.94. The van der Waals surface area contributed by atoms with Gasteiger partial charge >= 0.3 is 0 Å². The summed E-state index contributed by atoms with van der Waals surface area (Å²) in [5.74, 6) is 0.816. The van der Waals surface area contributed by atoms with E-state index in [-0.39, 0.29) is 12.0 Å². The van der Waals surface area contributed by atoms with Crippen molar-refractivity contribution in [3.8, 4) is 5.75 Å². The minimum Gasteiger partial charge on any atom is -0.490 e. The molecule has 0 saturated carbocycles. The van der Waals surface area contributed by atoms with E-state index in [0.29, 0.717) is 18.2 Å². The van der Waals surface area contributed by atoms with Crippen molar-refractivity contribution in [3.63, 3.8) is 0 Å². The smallest absolute Gasteiger partial charge is 0.253 e. The van der Waals surface area contributed by atoms with Gasteiger partial charge in [0.1, 0.15) is 11.9 Å². The Labute approximate surface area is 164 Å². The van der Waals surface area contributed by atoms with E-state index in [1.807, 2.05) is 45.4 Å². The Morgan fingerprint density at radius 2 is 1.93 bits per heavy atom. The third kappa shape index (κ3) is 6.79. The molecule has 1 heterocycles. The summed E-state index contributed by atoms with van der Waals surface area (Å²) in [6.45, 7) is 6.54. The molecule has 0 radical (unpaired) electrons. The van der Waals surface area contributed by atoms with Gasteiger partial charge in [0.2, 0.25) is 0 Å². The highest BCUT2D eigenvalue weighted by Crippen LogP contribution is 2.21. The molecule has 0 N–H and O–H groups in total. The standard InChI is InChI=1S/C21H35N3O3/c1-17(16-26-5)24-11-9-19(10-12-24)27-20-8-6-7-18(15-20)21(25)23(4)14-13-22(2)3/h6-8,15,17,19H,9-14,16H2,1-5H3/t17-/m1/s1. The van der Waals surface area contributed by atoms with Crippen LogP contribution in [0.3, 0.4) is 0 Å². The molecule has 1 amide bonds. The van der Waals surface area contributed by atoms with Crippen molar-refractivity contribution in [1.82, 2.24) is 14.7 Å². The van der Waals surface area contributed by atoms with Gasteiger partial charge in [-0.1, -0.05) is 6.07 Å². The second-order valence-electron chi connectivity index (χ2n) is 7.72. The van der Waals surface area contributed by atoms with Gasteiger partial charge in [0.05, 0.1) is 6.61 Å². The second-order valence-corrected chi connectivity index (χ2v) is 7.72. The first kappa shape index (κ1) is 21.7. The number of likely N-dealkylation sites (tertiary alicyclic amines) is 1. The van der Waals surface area contributed by atoms with Gasteiger partial charge in [-0.05, 0) is 52.1 Å². The minimum absolute atomic E-state index is 0.0329. The van der Waals surface area contributed by atoms with E-state index in [1.165, 1.54) is 0 Å². The van der Waals surface area contributed by atoms with E-state index >= 15 is 0 Å². The van der Waals surface area contributed by atoms with Crippen LogP contribution in [-0.2, 0) is 4.74 Å². The normalized spacial score (nSPS) is 17.1. The van der Waals surface area contributed by atoms with E-state index in [0.717, 1.165) is 44.8 Å². The third-order valence-corrected chi connectivity index (χ3v) is 5.12. The molecule has 0 unspecified atom stereocenters. The Morgan fingerprint density at radius 3 is 2.56 bits per heavy atom. The maximum absolute atomic E-state index is 12.6. The lowest BCUT2D eigenvalue weighted by Crippen LogP contribution is -2.44. The highest BCUT2D eigenvalue weighted by Gasteiger charge is 2.24. The number of carbonyl (C=O) groups excluding carboxylic acids is 1. The molecule has 6 heteroatoms. The highest BCUT2D eigenvalue weighted by atomic mass is 16.5. The van der Waals surface area contributed by atoms with Crippen LogP contribution in [0.5, 0.6) is 5.75 Å². The van der Waals surface area contributed by atoms with Crippen LogP contribution < -0.4 is 4.74 Å². The number of methoxy groups -OCH3 is 1. The summed E-state index contributed by atoms with van der Waals surface area (Å²) >= 11 is 0. The Balaban J connectivity index is 1.88. The molecule has 1 aliphatic rings. The van der Waals surface area contributed by atoms with Crippen LogP contribution in [-0.4, -0.2) is 93.8 Å². The van der Waals surface area contributed by atoms with Crippen molar-refractivity contribution < 1.29 is 14.3 Å². The zero-order chi connectivity index (χ0) is 19.8. The van der Waals surface area contributed by atoms with E-state index in [1.54, 1.807) is 12.0 Å². The predicted octanol–water partition coefficient (Wildman–Crippen LogP) is 2.20. The lowest BCUT2D eigenvalue weighted by molar-refractivity contribution is 0.0474. The van der Waals surface area contributed by atoms with Crippen LogP contribution >= 0.6 is 0 Å². The molecule has 152 valence electrons. The summed E-state index contributed by atoms with van der Waals surface area (Å²) in [5, 5.41) is 0. The number of piperidine rings is 1. The Hall–Kier alpha value is -1.63. The van der Waals surface area contributed by atoms with Gasteiger partial charge < -0.3 is 19.3 Å². The number of benzene rings is 1. The summed E-state index contributed by atoms with van der Waals surface area (Å²) in [6, 6.07) is 8.01. The predicted molar refractivity (Wildman–Crippen MR) is 109 cm³/mol. The molecule has 1 aromatic carbocycles. The van der Waals surface area contributed by atoms with E-state index in [9.17, 15) is 4.79 Å². The fourth-order valence-corrected chi connectivity index (χ4v) is 3.35. The monoisotopic (exact) mass is 377 g/mol. The van der Waals surface area contributed by atoms with Crippen LogP contribution in [0.25, 0.3) is 0 Å². The van der Waals surface area contributed by atoms with Crippen molar-refractivity contribution in [3.05, 3.63) is 29.8 Å². The van der Waals surface area contributed by atoms with Crippen molar-refractivity contribution in [2.75, 3.05) is 61.0 Å². The number of amides is 1. The van der Waals surface area contributed by atoms with Gasteiger partial charge in [0.15, 0.2) is 0 Å². The summed E-state index contributed by atoms with van der Waals surface area (Å²) in [7, 11) is 7.61. The lowest BCUT2D eigenvalue weighted by Gasteiger charge is -2.35. The minimum atomic E-state index is 0.0329. The number of nitrogens with zero attached hydrogens (tertiary/aromatic N) is 3. The second kappa shape index (κ2) is 10.6. The average molecular weight is 378 g/mol. The fraction of sp³-hybridized carbons (Fsp3) is 0.667. The molecule has 6 nitrogen and oxygen atoms in total. The number of carbonyl (C=O) groups is 1. The van der Waals surface area contributed by atoms with Crippen molar-refractivity contribution in [1.29, 1.82) is 0 Å². The van der Waals surface area contributed by atoms with Gasteiger partial charge in [-0.15, -0.1) is 0 Å². The van der Waals surface area contributed by atoms with Crippen LogP contribution in [0.1, 0.15) is 30.1 Å². The van der Waals surface area contributed by atoms with Gasteiger partial charge in [-0.2, -0.15) is 0 Å². The lowest BCUT2D eigenvalue weighted by atomic mass is 10.1. The Kier molecular flexibility index (Phi) is 8.54. The number of rotatable bonds is 9. The Bertz CT molecular complexity index is 586. The molecular weight excluding hydrogens is 342 g/mol. The van der Waals surface area contributed by atoms with Crippen LogP contribution in [0.2, 0.25) is 0 Å². The van der Waals surface area contributed by atoms with Gasteiger partial charge in [0.25, 0.3) is 5.91 Å². The molecule has 1 aromatic rings. The average Bonchev–Trinajstić information content (AvgIpc) is 2.66. The molecule has 0 aromatic heterocycles. The topological polar surface area (TPSA) is 45.3 Å². The third-order valence-electron chi connectivity index (χ3n) is 5.12. The maximum atomic E-state index is 12.6. The molecule has 1 saturated heterocycles. The van der Waals surface area contributed by atoms with Gasteiger partial charge in [0, 0.05) is 51.9 Å². The number of hydrogen-bond donors (Lipinski definition) is 0. The number of likely N-dealkylation sites (N-methyl/N-ethyl adjacent to an activating group) is 2. The molecule has 0 aliphatic carbocycles. The summed E-state index contributed by atoms with van der Waals surface area (Å²) in [6.07, 6.45) is 2.19. The van der Waals surface area contributed by atoms with Crippen molar-refractivity contribution in [2.45, 2.75) is 31.9 Å². The van der Waals surface area contributed by atoms with Crippen LogP contribution in [0.4, 0.5) is 0 Å². The maximum Gasteiger partial charge on any atom is 0.253 e. The molecule has 27 heavy (non-hydrogen) atoms. The first-order valence-electron chi connectivity index (χ1n) is 9.80. The molecule has 0 spiro atoms. The molecule has 1 aliphatic heterocycles. The van der Waals surface area contributed by atoms with Crippen LogP contribution in [0.15, 0.2) is 24.3 Å². The van der Waals surface area contributed by atoms with Crippen molar-refractivity contribution in [2.24, 2.45) is 0 Å². The molecule has 0 bridgehead atoms. The zero-order valence-corrected chi connectivity index (χ0v) is 17.5. The summed E-state index contributed by atoms with van der Waals surface area (Å²) < 4.78 is 11.4. The SMILES string of the molecule is COC[C@@H](C)N1CCC(Oc2cccc(C(=O)N(C)CCN(C)C)c2)CC1. The zero-order valence-electron chi connectivity index (χ0n) is 17.5. The van der Waals surface area contributed by atoms with E-state index in [2.05, 4.69) is 16.7 Å². The molecule has 1 atom stereocenters. The summed E-state index contributed by atoms with van der Waals surface area (Å²) in [5.41, 5.74) is 0.680. The van der Waals surface area contributed by atoms with E-state index < -0.39 is 0 Å². The van der Waals surface area contributed by atoms with Crippen molar-refractivity contribution >= 4 is 5.91 Å². The molecule has 2 rings (SSSR count). The molecule has 1 fully saturated rings. The van der Waals surface area contributed by atoms with Crippen LogP contribution in [0, 0.1) is 0 Å². The fourth-order valence-electron chi connectivity index (χ4n) is 3.35. The van der Waals surface area contributed by atoms with Gasteiger partial charge in [-0.3, -0.25) is 9.69 Å². The largest absolute Gasteiger partial charge is 0.490 e. The molecular formula is C21H35N3O3.